The summed E-state index contributed by atoms with van der Waals surface area (Å²) in [4.78, 5) is 35.4. The van der Waals surface area contributed by atoms with E-state index in [1.54, 1.807) is 0 Å². The second kappa shape index (κ2) is 6.85. The first-order chi connectivity index (χ1) is 10.1. The van der Waals surface area contributed by atoms with E-state index in [4.69, 9.17) is 0 Å². The minimum Gasteiger partial charge on any atom is -0.394 e. The van der Waals surface area contributed by atoms with Crippen molar-refractivity contribution in [3.8, 4) is 0 Å². The number of nitrogens with one attached hydrogen (secondary N) is 2. The fourth-order valence-electron chi connectivity index (χ4n) is 2.09. The van der Waals surface area contributed by atoms with E-state index in [9.17, 15) is 19.5 Å². The van der Waals surface area contributed by atoms with E-state index in [1.165, 1.54) is 0 Å². The molecule has 2 rings (SSSR count). The number of rotatable bonds is 6. The molecule has 0 saturated carbocycles. The van der Waals surface area contributed by atoms with E-state index in [-0.39, 0.29) is 19.7 Å². The SMILES string of the molecule is O=C(CN1C(=O)CNC1=O)NC(CO)Cc1ccccc1. The van der Waals surface area contributed by atoms with Crippen LogP contribution in [0.1, 0.15) is 5.56 Å². The molecular weight excluding hydrogens is 274 g/mol. The van der Waals surface area contributed by atoms with Crippen LogP contribution in [0, 0.1) is 0 Å². The maximum Gasteiger partial charge on any atom is 0.325 e. The molecule has 1 saturated heterocycles. The molecule has 1 atom stereocenters. The van der Waals surface area contributed by atoms with Crippen molar-refractivity contribution in [1.82, 2.24) is 15.5 Å². The second-order valence-corrected chi connectivity index (χ2v) is 4.78. The largest absolute Gasteiger partial charge is 0.394 e. The van der Waals surface area contributed by atoms with Gasteiger partial charge in [-0.15, -0.1) is 0 Å². The van der Waals surface area contributed by atoms with Crippen LogP contribution in [-0.2, 0) is 16.0 Å². The third-order valence-electron chi connectivity index (χ3n) is 3.15. The van der Waals surface area contributed by atoms with Crippen molar-refractivity contribution < 1.29 is 19.5 Å². The first-order valence-corrected chi connectivity index (χ1v) is 6.62. The third-order valence-corrected chi connectivity index (χ3v) is 3.15. The minimum absolute atomic E-state index is 0.0838. The lowest BCUT2D eigenvalue weighted by Gasteiger charge is -2.18. The highest BCUT2D eigenvalue weighted by Crippen LogP contribution is 2.03. The van der Waals surface area contributed by atoms with E-state index in [0.717, 1.165) is 10.5 Å². The number of aliphatic hydroxyl groups excluding tert-OH is 1. The predicted molar refractivity (Wildman–Crippen MR) is 74.3 cm³/mol. The molecule has 0 radical (unpaired) electrons. The van der Waals surface area contributed by atoms with Gasteiger partial charge in [-0.1, -0.05) is 30.3 Å². The van der Waals surface area contributed by atoms with Crippen molar-refractivity contribution in [3.05, 3.63) is 35.9 Å². The normalized spacial score (nSPS) is 15.8. The van der Waals surface area contributed by atoms with Gasteiger partial charge in [0.1, 0.15) is 6.54 Å². The highest BCUT2D eigenvalue weighted by atomic mass is 16.3. The minimum atomic E-state index is -0.571. The van der Waals surface area contributed by atoms with Crippen molar-refractivity contribution >= 4 is 17.8 Å². The smallest absolute Gasteiger partial charge is 0.325 e. The fourth-order valence-corrected chi connectivity index (χ4v) is 2.09. The number of nitrogens with zero attached hydrogens (tertiary/aromatic N) is 1. The zero-order valence-electron chi connectivity index (χ0n) is 11.4. The number of urea groups is 1. The lowest BCUT2D eigenvalue weighted by Crippen LogP contribution is -2.46. The zero-order chi connectivity index (χ0) is 15.2. The van der Waals surface area contributed by atoms with Crippen LogP contribution < -0.4 is 10.6 Å². The first-order valence-electron chi connectivity index (χ1n) is 6.62. The summed E-state index contributed by atoms with van der Waals surface area (Å²) in [5.41, 5.74) is 0.979. The van der Waals surface area contributed by atoms with E-state index >= 15 is 0 Å². The molecule has 1 aromatic carbocycles. The average Bonchev–Trinajstić information content (AvgIpc) is 2.79. The number of amides is 4. The number of hydrogen-bond donors (Lipinski definition) is 3. The van der Waals surface area contributed by atoms with Crippen LogP contribution >= 0.6 is 0 Å². The summed E-state index contributed by atoms with van der Waals surface area (Å²) in [6.07, 6.45) is 0.475. The summed E-state index contributed by atoms with van der Waals surface area (Å²) in [5, 5.41) is 14.3. The van der Waals surface area contributed by atoms with Crippen molar-refractivity contribution in [1.29, 1.82) is 0 Å². The summed E-state index contributed by atoms with van der Waals surface area (Å²) >= 11 is 0. The standard InChI is InChI=1S/C14H17N3O4/c18-9-11(6-10-4-2-1-3-5-10)16-12(19)8-17-13(20)7-15-14(17)21/h1-5,11,18H,6-9H2,(H,15,21)(H,16,19). The molecular formula is C14H17N3O4. The van der Waals surface area contributed by atoms with Crippen molar-refractivity contribution in [2.75, 3.05) is 19.7 Å². The first kappa shape index (κ1) is 15.0. The molecule has 4 amide bonds. The Balaban J connectivity index is 1.88. The molecule has 0 aromatic heterocycles. The lowest BCUT2D eigenvalue weighted by atomic mass is 10.1. The Morgan fingerprint density at radius 2 is 2.05 bits per heavy atom. The quantitative estimate of drug-likeness (QED) is 0.601. The molecule has 3 N–H and O–H groups in total. The number of benzene rings is 1. The molecule has 0 spiro atoms. The number of hydrogen-bond acceptors (Lipinski definition) is 4. The van der Waals surface area contributed by atoms with Crippen LogP contribution in [0.15, 0.2) is 30.3 Å². The van der Waals surface area contributed by atoms with E-state index < -0.39 is 23.9 Å². The number of carbonyl (C=O) groups excluding carboxylic acids is 3. The van der Waals surface area contributed by atoms with Crippen molar-refractivity contribution in [2.45, 2.75) is 12.5 Å². The molecule has 1 fully saturated rings. The van der Waals surface area contributed by atoms with Crippen LogP contribution in [0.2, 0.25) is 0 Å². The molecule has 1 aromatic rings. The molecule has 1 aliphatic rings. The molecule has 1 heterocycles. The molecule has 0 aliphatic carbocycles. The van der Waals surface area contributed by atoms with Gasteiger partial charge in [-0.25, -0.2) is 4.79 Å². The van der Waals surface area contributed by atoms with Gasteiger partial charge >= 0.3 is 6.03 Å². The van der Waals surface area contributed by atoms with Crippen LogP contribution in [0.3, 0.4) is 0 Å². The van der Waals surface area contributed by atoms with Gasteiger partial charge in [-0.2, -0.15) is 0 Å². The second-order valence-electron chi connectivity index (χ2n) is 4.78. The third kappa shape index (κ3) is 4.03. The highest BCUT2D eigenvalue weighted by molar-refractivity contribution is 6.04. The van der Waals surface area contributed by atoms with Gasteiger partial charge in [0.05, 0.1) is 19.2 Å². The Morgan fingerprint density at radius 1 is 1.33 bits per heavy atom. The van der Waals surface area contributed by atoms with Gasteiger partial charge in [0.2, 0.25) is 5.91 Å². The van der Waals surface area contributed by atoms with Gasteiger partial charge in [0.15, 0.2) is 0 Å². The summed E-state index contributed by atoms with van der Waals surface area (Å²) in [7, 11) is 0. The Labute approximate surface area is 121 Å². The van der Waals surface area contributed by atoms with Crippen LogP contribution in [0.25, 0.3) is 0 Å². The summed E-state index contributed by atoms with van der Waals surface area (Å²) in [5.74, 6) is -0.908. The molecule has 7 heteroatoms. The Morgan fingerprint density at radius 3 is 2.62 bits per heavy atom. The van der Waals surface area contributed by atoms with Crippen molar-refractivity contribution in [3.63, 3.8) is 0 Å². The predicted octanol–water partition coefficient (Wildman–Crippen LogP) is -0.742. The molecule has 0 bridgehead atoms. The van der Waals surface area contributed by atoms with Crippen LogP contribution in [-0.4, -0.2) is 53.6 Å². The zero-order valence-corrected chi connectivity index (χ0v) is 11.4. The van der Waals surface area contributed by atoms with E-state index in [0.29, 0.717) is 6.42 Å². The van der Waals surface area contributed by atoms with Gasteiger partial charge < -0.3 is 15.7 Å². The molecule has 21 heavy (non-hydrogen) atoms. The molecule has 112 valence electrons. The van der Waals surface area contributed by atoms with E-state index in [1.807, 2.05) is 30.3 Å². The number of aliphatic hydroxyl groups is 1. The average molecular weight is 291 g/mol. The topological polar surface area (TPSA) is 98.7 Å². The van der Waals surface area contributed by atoms with Gasteiger partial charge in [-0.05, 0) is 12.0 Å². The molecule has 1 aliphatic heterocycles. The number of carbonyl (C=O) groups is 3. The monoisotopic (exact) mass is 291 g/mol. The van der Waals surface area contributed by atoms with Crippen molar-refractivity contribution in [2.24, 2.45) is 0 Å². The van der Waals surface area contributed by atoms with Gasteiger partial charge in [0, 0.05) is 0 Å². The van der Waals surface area contributed by atoms with Gasteiger partial charge in [-0.3, -0.25) is 14.5 Å². The highest BCUT2D eigenvalue weighted by Gasteiger charge is 2.30. The Bertz CT molecular complexity index is 516. The maximum absolute atomic E-state index is 11.9. The molecule has 1 unspecified atom stereocenters. The van der Waals surface area contributed by atoms with Crippen LogP contribution in [0.4, 0.5) is 4.79 Å². The lowest BCUT2D eigenvalue weighted by molar-refractivity contribution is -0.131. The number of imide groups is 1. The Hall–Kier alpha value is -2.41. The maximum atomic E-state index is 11.9. The Kier molecular flexibility index (Phi) is 4.89. The van der Waals surface area contributed by atoms with Gasteiger partial charge in [0.25, 0.3) is 5.91 Å². The van der Waals surface area contributed by atoms with Crippen LogP contribution in [0.5, 0.6) is 0 Å². The summed E-state index contributed by atoms with van der Waals surface area (Å²) in [6.45, 7) is -0.643. The summed E-state index contributed by atoms with van der Waals surface area (Å²) in [6, 6.07) is 8.39. The summed E-state index contributed by atoms with van der Waals surface area (Å²) < 4.78 is 0. The molecule has 7 nitrogen and oxygen atoms in total. The fraction of sp³-hybridized carbons (Fsp3) is 0.357. The van der Waals surface area contributed by atoms with E-state index in [2.05, 4.69) is 10.6 Å².